The van der Waals surface area contributed by atoms with Crippen LogP contribution in [0.15, 0.2) is 24.4 Å². The van der Waals surface area contributed by atoms with Crippen LogP contribution in [0.2, 0.25) is 0 Å². The predicted octanol–water partition coefficient (Wildman–Crippen LogP) is 2.73. The molecule has 0 unspecified atom stereocenters. The summed E-state index contributed by atoms with van der Waals surface area (Å²) in [6.45, 7) is 6.15. The molecule has 4 nitrogen and oxygen atoms in total. The minimum absolute atomic E-state index is 0.0108. The van der Waals surface area contributed by atoms with Gasteiger partial charge in [-0.2, -0.15) is 5.10 Å². The summed E-state index contributed by atoms with van der Waals surface area (Å²) in [4.78, 5) is 16.6. The van der Waals surface area contributed by atoms with Gasteiger partial charge < -0.3 is 0 Å². The van der Waals surface area contributed by atoms with Crippen LogP contribution in [-0.2, 0) is 6.42 Å². The van der Waals surface area contributed by atoms with Crippen molar-refractivity contribution < 1.29 is 4.79 Å². The van der Waals surface area contributed by atoms with Crippen LogP contribution < -0.4 is 0 Å². The molecule has 4 heteroatoms. The average Bonchev–Trinajstić information content (AvgIpc) is 2.66. The van der Waals surface area contributed by atoms with Crippen LogP contribution in [0.1, 0.15) is 42.0 Å². The van der Waals surface area contributed by atoms with Crippen molar-refractivity contribution in [3.63, 3.8) is 0 Å². The molecular weight excluding hydrogens is 238 g/mol. The van der Waals surface area contributed by atoms with E-state index >= 15 is 0 Å². The van der Waals surface area contributed by atoms with Crippen LogP contribution in [0.3, 0.4) is 0 Å². The van der Waals surface area contributed by atoms with Crippen molar-refractivity contribution in [1.29, 1.82) is 0 Å². The van der Waals surface area contributed by atoms with Gasteiger partial charge in [0.05, 0.1) is 17.0 Å². The van der Waals surface area contributed by atoms with Gasteiger partial charge >= 0.3 is 0 Å². The summed E-state index contributed by atoms with van der Waals surface area (Å²) < 4.78 is 1.82. The van der Waals surface area contributed by atoms with Crippen molar-refractivity contribution in [2.75, 3.05) is 0 Å². The summed E-state index contributed by atoms with van der Waals surface area (Å²) in [6.07, 6.45) is 3.19. The number of ketones is 1. The summed E-state index contributed by atoms with van der Waals surface area (Å²) in [7, 11) is 0. The van der Waals surface area contributed by atoms with Gasteiger partial charge in [-0.05, 0) is 30.9 Å². The van der Waals surface area contributed by atoms with Gasteiger partial charge in [-0.15, -0.1) is 0 Å². The molecule has 98 valence electrons. The molecule has 1 aliphatic carbocycles. The third kappa shape index (κ3) is 1.97. The predicted molar refractivity (Wildman–Crippen MR) is 72.5 cm³/mol. The Hall–Kier alpha value is -1.97. The van der Waals surface area contributed by atoms with Crippen LogP contribution in [0.4, 0.5) is 0 Å². The Morgan fingerprint density at radius 1 is 1.26 bits per heavy atom. The molecule has 0 aromatic carbocycles. The lowest BCUT2D eigenvalue weighted by Gasteiger charge is -2.28. The van der Waals surface area contributed by atoms with E-state index in [2.05, 4.69) is 23.9 Å². The summed E-state index contributed by atoms with van der Waals surface area (Å²) in [5.41, 5.74) is 2.59. The number of rotatable bonds is 1. The first-order chi connectivity index (χ1) is 8.98. The Bertz CT molecular complexity index is 641. The monoisotopic (exact) mass is 255 g/mol. The van der Waals surface area contributed by atoms with Crippen LogP contribution in [0.25, 0.3) is 5.82 Å². The maximum Gasteiger partial charge on any atom is 0.167 e. The molecule has 0 fully saturated rings. The smallest absolute Gasteiger partial charge is 0.167 e. The Labute approximate surface area is 112 Å². The molecule has 0 saturated carbocycles. The molecule has 0 saturated heterocycles. The molecule has 0 radical (unpaired) electrons. The zero-order chi connectivity index (χ0) is 13.6. The summed E-state index contributed by atoms with van der Waals surface area (Å²) in [6, 6.07) is 5.72. The van der Waals surface area contributed by atoms with Gasteiger partial charge in [0.1, 0.15) is 0 Å². The van der Waals surface area contributed by atoms with Gasteiger partial charge in [0.25, 0.3) is 0 Å². The first-order valence-corrected chi connectivity index (χ1v) is 6.51. The van der Waals surface area contributed by atoms with Crippen molar-refractivity contribution in [2.45, 2.75) is 33.6 Å². The first kappa shape index (κ1) is 12.1. The number of carbonyl (C=O) groups excluding carboxylic acids is 1. The van der Waals surface area contributed by atoms with Crippen LogP contribution >= 0.6 is 0 Å². The van der Waals surface area contributed by atoms with Crippen molar-refractivity contribution >= 4 is 5.78 Å². The van der Waals surface area contributed by atoms with Crippen molar-refractivity contribution in [3.8, 4) is 5.82 Å². The van der Waals surface area contributed by atoms with E-state index in [4.69, 9.17) is 0 Å². The average molecular weight is 255 g/mol. The second-order valence-corrected chi connectivity index (χ2v) is 5.95. The van der Waals surface area contributed by atoms with E-state index in [9.17, 15) is 4.79 Å². The molecule has 0 bridgehead atoms. The molecule has 2 aromatic rings. The molecule has 1 aliphatic rings. The molecule has 0 N–H and O–H groups in total. The molecule has 3 rings (SSSR count). The lowest BCUT2D eigenvalue weighted by molar-refractivity contribution is 0.0910. The fourth-order valence-electron chi connectivity index (χ4n) is 2.81. The van der Waals surface area contributed by atoms with Gasteiger partial charge in [-0.3, -0.25) is 4.79 Å². The number of nitrogens with zero attached hydrogens (tertiary/aromatic N) is 3. The van der Waals surface area contributed by atoms with Crippen LogP contribution in [0, 0.1) is 12.3 Å². The van der Waals surface area contributed by atoms with E-state index in [1.54, 1.807) is 6.20 Å². The van der Waals surface area contributed by atoms with E-state index < -0.39 is 0 Å². The quantitative estimate of drug-likeness (QED) is 0.787. The molecule has 2 heterocycles. The van der Waals surface area contributed by atoms with Crippen molar-refractivity contribution in [3.05, 3.63) is 41.3 Å². The molecule has 0 amide bonds. The van der Waals surface area contributed by atoms with Gasteiger partial charge in [0.15, 0.2) is 11.6 Å². The first-order valence-electron chi connectivity index (χ1n) is 6.51. The van der Waals surface area contributed by atoms with Gasteiger partial charge in [0, 0.05) is 12.6 Å². The Balaban J connectivity index is 2.20. The standard InChI is InChI=1S/C15H17N3O/c1-10-14-11(8-15(2,3)9-12(14)19)18(17-10)13-6-4-5-7-16-13/h4-7H,8-9H2,1-3H3. The highest BCUT2D eigenvalue weighted by molar-refractivity contribution is 5.99. The Kier molecular flexibility index (Phi) is 2.55. The molecule has 2 aromatic heterocycles. The number of aryl methyl sites for hydroxylation is 1. The van der Waals surface area contributed by atoms with Crippen LogP contribution in [0.5, 0.6) is 0 Å². The van der Waals surface area contributed by atoms with Gasteiger partial charge in [-0.25, -0.2) is 9.67 Å². The minimum Gasteiger partial charge on any atom is -0.294 e. The van der Waals surface area contributed by atoms with E-state index in [1.165, 1.54) is 0 Å². The Morgan fingerprint density at radius 3 is 2.74 bits per heavy atom. The number of hydrogen-bond acceptors (Lipinski definition) is 3. The second-order valence-electron chi connectivity index (χ2n) is 5.95. The number of carbonyl (C=O) groups is 1. The fraction of sp³-hybridized carbons (Fsp3) is 0.400. The highest BCUT2D eigenvalue weighted by Gasteiger charge is 2.35. The topological polar surface area (TPSA) is 47.8 Å². The SMILES string of the molecule is Cc1nn(-c2ccccn2)c2c1C(=O)CC(C)(C)C2. The number of hydrogen-bond donors (Lipinski definition) is 0. The normalized spacial score (nSPS) is 17.3. The van der Waals surface area contributed by atoms with Crippen LogP contribution in [-0.4, -0.2) is 20.5 Å². The van der Waals surface area contributed by atoms with E-state index in [-0.39, 0.29) is 11.2 Å². The minimum atomic E-state index is -0.0108. The zero-order valence-corrected chi connectivity index (χ0v) is 11.5. The van der Waals surface area contributed by atoms with E-state index in [1.807, 2.05) is 29.8 Å². The zero-order valence-electron chi connectivity index (χ0n) is 11.5. The highest BCUT2D eigenvalue weighted by Crippen LogP contribution is 2.36. The lowest BCUT2D eigenvalue weighted by Crippen LogP contribution is -2.28. The van der Waals surface area contributed by atoms with Gasteiger partial charge in [-0.1, -0.05) is 19.9 Å². The summed E-state index contributed by atoms with van der Waals surface area (Å²) in [5, 5.41) is 4.51. The third-order valence-electron chi connectivity index (χ3n) is 3.59. The summed E-state index contributed by atoms with van der Waals surface area (Å²) >= 11 is 0. The lowest BCUT2D eigenvalue weighted by atomic mass is 9.75. The Morgan fingerprint density at radius 2 is 2.05 bits per heavy atom. The van der Waals surface area contributed by atoms with E-state index in [0.717, 1.165) is 29.2 Å². The number of pyridine rings is 1. The fourth-order valence-corrected chi connectivity index (χ4v) is 2.81. The highest BCUT2D eigenvalue weighted by atomic mass is 16.1. The maximum absolute atomic E-state index is 12.3. The van der Waals surface area contributed by atoms with Gasteiger partial charge in [0.2, 0.25) is 0 Å². The second kappa shape index (κ2) is 4.02. The number of Topliss-reactive ketones (excluding diaryl/α,β-unsaturated/α-hetero) is 1. The third-order valence-corrected chi connectivity index (χ3v) is 3.59. The van der Waals surface area contributed by atoms with E-state index in [0.29, 0.717) is 6.42 Å². The molecule has 0 spiro atoms. The summed E-state index contributed by atoms with van der Waals surface area (Å²) in [5.74, 6) is 0.975. The molecular formula is C15H17N3O. The molecule has 19 heavy (non-hydrogen) atoms. The number of aromatic nitrogens is 3. The number of fused-ring (bicyclic) bond motifs is 1. The van der Waals surface area contributed by atoms with Crippen molar-refractivity contribution in [1.82, 2.24) is 14.8 Å². The molecule has 0 aliphatic heterocycles. The maximum atomic E-state index is 12.3. The van der Waals surface area contributed by atoms with Crippen molar-refractivity contribution in [2.24, 2.45) is 5.41 Å². The molecule has 0 atom stereocenters. The largest absolute Gasteiger partial charge is 0.294 e.